The first-order chi connectivity index (χ1) is 7.17. The molecule has 3 heteroatoms. The molecule has 0 fully saturated rings. The first-order valence-corrected chi connectivity index (χ1v) is 4.60. The molecule has 0 radical (unpaired) electrons. The molecule has 0 amide bonds. The normalized spacial score (nSPS) is 10.7. The summed E-state index contributed by atoms with van der Waals surface area (Å²) in [6.07, 6.45) is 1.79. The lowest BCUT2D eigenvalue weighted by atomic mass is 10.1. The van der Waals surface area contributed by atoms with Crippen LogP contribution in [0.3, 0.4) is 0 Å². The van der Waals surface area contributed by atoms with Crippen LogP contribution in [0.2, 0.25) is 0 Å². The van der Waals surface area contributed by atoms with Crippen molar-refractivity contribution < 1.29 is 4.74 Å². The molecule has 0 aliphatic heterocycles. The maximum atomic E-state index is 8.98. The Morgan fingerprint density at radius 2 is 1.93 bits per heavy atom. The highest BCUT2D eigenvalue weighted by atomic mass is 16.5. The van der Waals surface area contributed by atoms with Crippen molar-refractivity contribution in [3.8, 4) is 11.8 Å². The number of nitriles is 1. The number of benzene rings is 1. The molecule has 1 aromatic rings. The predicted octanol–water partition coefficient (Wildman–Crippen LogP) is 2.12. The molecule has 0 atom stereocenters. The lowest BCUT2D eigenvalue weighted by Crippen LogP contribution is -2.02. The van der Waals surface area contributed by atoms with Crippen molar-refractivity contribution in [2.24, 2.45) is 0 Å². The van der Waals surface area contributed by atoms with Gasteiger partial charge in [-0.1, -0.05) is 0 Å². The van der Waals surface area contributed by atoms with Gasteiger partial charge in [0, 0.05) is 20.3 Å². The minimum atomic E-state index is 0.641. The van der Waals surface area contributed by atoms with Gasteiger partial charge in [0.25, 0.3) is 0 Å². The molecule has 1 aromatic carbocycles. The predicted molar refractivity (Wildman–Crippen MR) is 60.3 cm³/mol. The van der Waals surface area contributed by atoms with Gasteiger partial charge in [0.2, 0.25) is 0 Å². The summed E-state index contributed by atoms with van der Waals surface area (Å²) >= 11 is 0. The third kappa shape index (κ3) is 3.03. The fourth-order valence-corrected chi connectivity index (χ4v) is 1.20. The Balaban J connectivity index is 3.00. The van der Waals surface area contributed by atoms with Gasteiger partial charge in [0.1, 0.15) is 11.8 Å². The van der Waals surface area contributed by atoms with E-state index in [0.717, 1.165) is 11.3 Å². The molecule has 0 aliphatic carbocycles. The van der Waals surface area contributed by atoms with E-state index in [2.05, 4.69) is 6.07 Å². The molecule has 0 saturated heterocycles. The molecule has 3 nitrogen and oxygen atoms in total. The SMILES string of the molecule is COc1ccc(/C(C#N)=C/N(C)C)cc1. The first-order valence-electron chi connectivity index (χ1n) is 4.60. The summed E-state index contributed by atoms with van der Waals surface area (Å²) in [6, 6.07) is 9.60. The van der Waals surface area contributed by atoms with E-state index >= 15 is 0 Å². The zero-order chi connectivity index (χ0) is 11.3. The number of allylic oxidation sites excluding steroid dienone is 1. The second-order valence-corrected chi connectivity index (χ2v) is 3.35. The van der Waals surface area contributed by atoms with Crippen LogP contribution in [0.5, 0.6) is 5.75 Å². The quantitative estimate of drug-likeness (QED) is 0.704. The van der Waals surface area contributed by atoms with Crippen molar-refractivity contribution in [3.05, 3.63) is 36.0 Å². The molecule has 1 rings (SSSR count). The molecule has 0 N–H and O–H groups in total. The molecular formula is C12H14N2O. The Hall–Kier alpha value is -1.95. The summed E-state index contributed by atoms with van der Waals surface area (Å²) in [7, 11) is 5.40. The van der Waals surface area contributed by atoms with Gasteiger partial charge in [-0.2, -0.15) is 5.26 Å². The number of nitrogens with zero attached hydrogens (tertiary/aromatic N) is 2. The Kier molecular flexibility index (Phi) is 3.75. The van der Waals surface area contributed by atoms with E-state index in [9.17, 15) is 0 Å². The molecule has 0 aliphatic rings. The van der Waals surface area contributed by atoms with E-state index in [-0.39, 0.29) is 0 Å². The van der Waals surface area contributed by atoms with Crippen molar-refractivity contribution in [3.63, 3.8) is 0 Å². The minimum Gasteiger partial charge on any atom is -0.497 e. The Morgan fingerprint density at radius 3 is 2.33 bits per heavy atom. The van der Waals surface area contributed by atoms with Gasteiger partial charge in [-0.15, -0.1) is 0 Å². The molecule has 0 heterocycles. The van der Waals surface area contributed by atoms with Crippen molar-refractivity contribution in [1.82, 2.24) is 4.90 Å². The molecule has 0 unspecified atom stereocenters. The summed E-state index contributed by atoms with van der Waals surface area (Å²) in [5.41, 5.74) is 1.54. The van der Waals surface area contributed by atoms with Gasteiger partial charge in [-0.3, -0.25) is 0 Å². The lowest BCUT2D eigenvalue weighted by Gasteiger charge is -2.07. The summed E-state index contributed by atoms with van der Waals surface area (Å²) in [6.45, 7) is 0. The van der Waals surface area contributed by atoms with Gasteiger partial charge in [0.05, 0.1) is 12.7 Å². The summed E-state index contributed by atoms with van der Waals surface area (Å²) in [5.74, 6) is 0.792. The molecule has 15 heavy (non-hydrogen) atoms. The number of hydrogen-bond acceptors (Lipinski definition) is 3. The van der Waals surface area contributed by atoms with Crippen LogP contribution in [-0.4, -0.2) is 26.1 Å². The molecule has 0 saturated carbocycles. The van der Waals surface area contributed by atoms with Crippen molar-refractivity contribution in [2.45, 2.75) is 0 Å². The van der Waals surface area contributed by atoms with Gasteiger partial charge < -0.3 is 9.64 Å². The van der Waals surface area contributed by atoms with Crippen LogP contribution in [0.1, 0.15) is 5.56 Å². The summed E-state index contributed by atoms with van der Waals surface area (Å²) in [4.78, 5) is 1.85. The molecule has 78 valence electrons. The topological polar surface area (TPSA) is 36.3 Å². The van der Waals surface area contributed by atoms with Gasteiger partial charge >= 0.3 is 0 Å². The number of ether oxygens (including phenoxy) is 1. The monoisotopic (exact) mass is 202 g/mol. The fraction of sp³-hybridized carbons (Fsp3) is 0.250. The van der Waals surface area contributed by atoms with Gasteiger partial charge in [0.15, 0.2) is 0 Å². The highest BCUT2D eigenvalue weighted by molar-refractivity contribution is 5.76. The third-order valence-electron chi connectivity index (χ3n) is 1.91. The zero-order valence-electron chi connectivity index (χ0n) is 9.19. The highest BCUT2D eigenvalue weighted by Crippen LogP contribution is 2.18. The number of hydrogen-bond donors (Lipinski definition) is 0. The van der Waals surface area contributed by atoms with Crippen LogP contribution in [-0.2, 0) is 0 Å². The summed E-state index contributed by atoms with van der Waals surface area (Å²) < 4.78 is 5.05. The van der Waals surface area contributed by atoms with Crippen molar-refractivity contribution in [1.29, 1.82) is 5.26 Å². The number of rotatable bonds is 3. The van der Waals surface area contributed by atoms with E-state index in [1.165, 1.54) is 0 Å². The molecule has 0 bridgehead atoms. The van der Waals surface area contributed by atoms with E-state index in [0.29, 0.717) is 5.57 Å². The Bertz CT molecular complexity index is 385. The van der Waals surface area contributed by atoms with Crippen molar-refractivity contribution in [2.75, 3.05) is 21.2 Å². The van der Waals surface area contributed by atoms with Crippen LogP contribution in [0, 0.1) is 11.3 Å². The second kappa shape index (κ2) is 5.06. The van der Waals surface area contributed by atoms with E-state index in [4.69, 9.17) is 10.00 Å². The molecule has 0 spiro atoms. The molecular weight excluding hydrogens is 188 g/mol. The zero-order valence-corrected chi connectivity index (χ0v) is 9.19. The van der Waals surface area contributed by atoms with Crippen LogP contribution in [0.25, 0.3) is 5.57 Å². The largest absolute Gasteiger partial charge is 0.497 e. The van der Waals surface area contributed by atoms with Crippen molar-refractivity contribution >= 4 is 5.57 Å². The lowest BCUT2D eigenvalue weighted by molar-refractivity contribution is 0.415. The first kappa shape index (κ1) is 11.1. The van der Waals surface area contributed by atoms with Crippen LogP contribution in [0.15, 0.2) is 30.5 Å². The summed E-state index contributed by atoms with van der Waals surface area (Å²) in [5, 5.41) is 8.98. The minimum absolute atomic E-state index is 0.641. The second-order valence-electron chi connectivity index (χ2n) is 3.35. The average molecular weight is 202 g/mol. The van der Waals surface area contributed by atoms with Crippen LogP contribution in [0.4, 0.5) is 0 Å². The smallest absolute Gasteiger partial charge is 0.118 e. The fourth-order valence-electron chi connectivity index (χ4n) is 1.20. The Morgan fingerprint density at radius 1 is 1.33 bits per heavy atom. The van der Waals surface area contributed by atoms with E-state index < -0.39 is 0 Å². The average Bonchev–Trinajstić information content (AvgIpc) is 2.26. The van der Waals surface area contributed by atoms with Gasteiger partial charge in [-0.25, -0.2) is 0 Å². The Labute approximate surface area is 90.2 Å². The standard InChI is InChI=1S/C12H14N2O/c1-14(2)9-11(8-13)10-4-6-12(15-3)7-5-10/h4-7,9H,1-3H3/b11-9+. The maximum Gasteiger partial charge on any atom is 0.118 e. The maximum absolute atomic E-state index is 8.98. The van der Waals surface area contributed by atoms with E-state index in [1.807, 2.05) is 43.3 Å². The number of methoxy groups -OCH3 is 1. The van der Waals surface area contributed by atoms with Crippen LogP contribution >= 0.6 is 0 Å². The van der Waals surface area contributed by atoms with Gasteiger partial charge in [-0.05, 0) is 29.8 Å². The third-order valence-corrected chi connectivity index (χ3v) is 1.91. The molecule has 0 aromatic heterocycles. The van der Waals surface area contributed by atoms with E-state index in [1.54, 1.807) is 13.3 Å². The highest BCUT2D eigenvalue weighted by Gasteiger charge is 2.00. The van der Waals surface area contributed by atoms with Crippen LogP contribution < -0.4 is 4.74 Å².